The van der Waals surface area contributed by atoms with Crippen LogP contribution < -0.4 is 5.32 Å². The van der Waals surface area contributed by atoms with Crippen LogP contribution in [0.2, 0.25) is 5.02 Å². The van der Waals surface area contributed by atoms with Crippen LogP contribution in [0.3, 0.4) is 0 Å². The van der Waals surface area contributed by atoms with E-state index < -0.39 is 0 Å². The standard InChI is InChI=1S/C17H13ClN4O/c1-11-20-15-4-2-3-5-16(15)22(11)10-17(23)21-13-7-6-12(9-19)14(18)8-13/h2-8H,10H2,1H3,(H,21,23). The Morgan fingerprint density at radius 3 is 2.87 bits per heavy atom. The van der Waals surface area contributed by atoms with E-state index in [4.69, 9.17) is 16.9 Å². The monoisotopic (exact) mass is 324 g/mol. The molecule has 6 heteroatoms. The molecule has 0 bridgehead atoms. The fourth-order valence-electron chi connectivity index (χ4n) is 2.42. The number of nitrogens with one attached hydrogen (secondary N) is 1. The molecular weight excluding hydrogens is 312 g/mol. The normalized spacial score (nSPS) is 10.5. The second-order valence-corrected chi connectivity index (χ2v) is 5.50. The first-order chi connectivity index (χ1) is 11.1. The summed E-state index contributed by atoms with van der Waals surface area (Å²) in [4.78, 5) is 16.7. The molecule has 0 aliphatic rings. The number of para-hydroxylation sites is 2. The molecular formula is C17H13ClN4O. The molecule has 0 fully saturated rings. The lowest BCUT2D eigenvalue weighted by Gasteiger charge is -2.09. The van der Waals surface area contributed by atoms with Crippen molar-refractivity contribution >= 4 is 34.2 Å². The highest BCUT2D eigenvalue weighted by molar-refractivity contribution is 6.32. The van der Waals surface area contributed by atoms with Crippen LogP contribution in [0.4, 0.5) is 5.69 Å². The largest absolute Gasteiger partial charge is 0.324 e. The van der Waals surface area contributed by atoms with Gasteiger partial charge in [0.2, 0.25) is 5.91 Å². The van der Waals surface area contributed by atoms with Crippen molar-refractivity contribution in [2.24, 2.45) is 0 Å². The van der Waals surface area contributed by atoms with Crippen molar-refractivity contribution in [1.29, 1.82) is 5.26 Å². The molecule has 3 aromatic rings. The van der Waals surface area contributed by atoms with Crippen molar-refractivity contribution in [1.82, 2.24) is 9.55 Å². The molecule has 3 rings (SSSR count). The molecule has 23 heavy (non-hydrogen) atoms. The van der Waals surface area contributed by atoms with E-state index in [1.807, 2.05) is 41.8 Å². The highest BCUT2D eigenvalue weighted by Gasteiger charge is 2.11. The van der Waals surface area contributed by atoms with Gasteiger partial charge in [0.15, 0.2) is 0 Å². The van der Waals surface area contributed by atoms with Crippen LogP contribution in [-0.2, 0) is 11.3 Å². The highest BCUT2D eigenvalue weighted by Crippen LogP contribution is 2.20. The molecule has 1 heterocycles. The van der Waals surface area contributed by atoms with Crippen LogP contribution in [0.15, 0.2) is 42.5 Å². The number of rotatable bonds is 3. The van der Waals surface area contributed by atoms with Gasteiger partial charge in [0.1, 0.15) is 18.4 Å². The van der Waals surface area contributed by atoms with Crippen molar-refractivity contribution in [2.75, 3.05) is 5.32 Å². The minimum atomic E-state index is -0.183. The summed E-state index contributed by atoms with van der Waals surface area (Å²) in [6, 6.07) is 14.5. The van der Waals surface area contributed by atoms with Crippen molar-refractivity contribution < 1.29 is 4.79 Å². The average Bonchev–Trinajstić information content (AvgIpc) is 2.83. The predicted octanol–water partition coefficient (Wildman–Crippen LogP) is 3.51. The van der Waals surface area contributed by atoms with Gasteiger partial charge >= 0.3 is 0 Å². The summed E-state index contributed by atoms with van der Waals surface area (Å²) in [5, 5.41) is 12.0. The van der Waals surface area contributed by atoms with Gasteiger partial charge in [-0.1, -0.05) is 23.7 Å². The zero-order chi connectivity index (χ0) is 16.4. The fourth-order valence-corrected chi connectivity index (χ4v) is 2.65. The number of halogens is 1. The Labute approximate surface area is 138 Å². The Balaban J connectivity index is 1.80. The lowest BCUT2D eigenvalue weighted by atomic mass is 10.2. The summed E-state index contributed by atoms with van der Waals surface area (Å²) in [5.74, 6) is 0.594. The van der Waals surface area contributed by atoms with Gasteiger partial charge in [-0.2, -0.15) is 5.26 Å². The molecule has 0 aliphatic carbocycles. The van der Waals surface area contributed by atoms with Crippen LogP contribution in [0, 0.1) is 18.3 Å². The topological polar surface area (TPSA) is 70.7 Å². The molecule has 0 unspecified atom stereocenters. The second-order valence-electron chi connectivity index (χ2n) is 5.09. The highest BCUT2D eigenvalue weighted by atomic mass is 35.5. The van der Waals surface area contributed by atoms with Gasteiger partial charge in [-0.3, -0.25) is 4.79 Å². The number of amides is 1. The van der Waals surface area contributed by atoms with Crippen LogP contribution in [0.5, 0.6) is 0 Å². The van der Waals surface area contributed by atoms with E-state index in [1.54, 1.807) is 18.2 Å². The number of benzene rings is 2. The molecule has 0 saturated carbocycles. The Bertz CT molecular complexity index is 939. The number of aromatic nitrogens is 2. The summed E-state index contributed by atoms with van der Waals surface area (Å²) in [7, 11) is 0. The number of nitriles is 1. The number of anilines is 1. The summed E-state index contributed by atoms with van der Waals surface area (Å²) >= 11 is 5.97. The smallest absolute Gasteiger partial charge is 0.244 e. The average molecular weight is 325 g/mol. The van der Waals surface area contributed by atoms with Crippen LogP contribution in [0.1, 0.15) is 11.4 Å². The van der Waals surface area contributed by atoms with Gasteiger partial charge in [0.25, 0.3) is 0 Å². The molecule has 5 nitrogen and oxygen atoms in total. The first-order valence-corrected chi connectivity index (χ1v) is 7.37. The third kappa shape index (κ3) is 3.03. The number of hydrogen-bond acceptors (Lipinski definition) is 3. The van der Waals surface area contributed by atoms with Gasteiger partial charge in [-0.05, 0) is 37.3 Å². The molecule has 0 saturated heterocycles. The molecule has 1 N–H and O–H groups in total. The predicted molar refractivity (Wildman–Crippen MR) is 89.3 cm³/mol. The minimum Gasteiger partial charge on any atom is -0.324 e. The fraction of sp³-hybridized carbons (Fsp3) is 0.118. The third-order valence-electron chi connectivity index (χ3n) is 3.52. The summed E-state index contributed by atoms with van der Waals surface area (Å²) in [5.41, 5.74) is 2.71. The van der Waals surface area contributed by atoms with Crippen LogP contribution in [-0.4, -0.2) is 15.5 Å². The van der Waals surface area contributed by atoms with Gasteiger partial charge in [0, 0.05) is 5.69 Å². The minimum absolute atomic E-state index is 0.157. The van der Waals surface area contributed by atoms with E-state index in [0.717, 1.165) is 16.9 Å². The van der Waals surface area contributed by atoms with Gasteiger partial charge in [-0.25, -0.2) is 4.98 Å². The Kier molecular flexibility index (Phi) is 4.00. The van der Waals surface area contributed by atoms with E-state index in [-0.39, 0.29) is 12.5 Å². The van der Waals surface area contributed by atoms with Gasteiger partial charge < -0.3 is 9.88 Å². The van der Waals surface area contributed by atoms with Crippen LogP contribution >= 0.6 is 11.6 Å². The van der Waals surface area contributed by atoms with E-state index in [1.165, 1.54) is 0 Å². The Hall–Kier alpha value is -2.84. The maximum Gasteiger partial charge on any atom is 0.244 e. The summed E-state index contributed by atoms with van der Waals surface area (Å²) < 4.78 is 1.86. The van der Waals surface area contributed by atoms with E-state index in [0.29, 0.717) is 16.3 Å². The molecule has 0 aliphatic heterocycles. The first kappa shape index (κ1) is 15.1. The van der Waals surface area contributed by atoms with Crippen molar-refractivity contribution in [3.8, 4) is 6.07 Å². The summed E-state index contributed by atoms with van der Waals surface area (Å²) in [6.07, 6.45) is 0. The first-order valence-electron chi connectivity index (χ1n) is 7.00. The lowest BCUT2D eigenvalue weighted by Crippen LogP contribution is -2.19. The number of carbonyl (C=O) groups excluding carboxylic acids is 1. The number of aryl methyl sites for hydroxylation is 1. The van der Waals surface area contributed by atoms with E-state index in [9.17, 15) is 4.79 Å². The van der Waals surface area contributed by atoms with E-state index >= 15 is 0 Å². The SMILES string of the molecule is Cc1nc2ccccc2n1CC(=O)Nc1ccc(C#N)c(Cl)c1. The Morgan fingerprint density at radius 1 is 1.35 bits per heavy atom. The van der Waals surface area contributed by atoms with Crippen molar-refractivity contribution in [2.45, 2.75) is 13.5 Å². The van der Waals surface area contributed by atoms with Crippen LogP contribution in [0.25, 0.3) is 11.0 Å². The zero-order valence-electron chi connectivity index (χ0n) is 12.4. The number of hydrogen-bond donors (Lipinski definition) is 1. The van der Waals surface area contributed by atoms with Crippen molar-refractivity contribution in [3.05, 3.63) is 58.9 Å². The number of imidazole rings is 1. The molecule has 2 aromatic carbocycles. The molecule has 0 atom stereocenters. The maximum atomic E-state index is 12.3. The second kappa shape index (κ2) is 6.11. The number of carbonyl (C=O) groups is 1. The van der Waals surface area contributed by atoms with Gasteiger partial charge in [0.05, 0.1) is 21.6 Å². The summed E-state index contributed by atoms with van der Waals surface area (Å²) in [6.45, 7) is 2.02. The quantitative estimate of drug-likeness (QED) is 0.801. The zero-order valence-corrected chi connectivity index (χ0v) is 13.1. The molecule has 0 spiro atoms. The number of fused-ring (bicyclic) bond motifs is 1. The molecule has 1 aromatic heterocycles. The van der Waals surface area contributed by atoms with E-state index in [2.05, 4.69) is 10.3 Å². The third-order valence-corrected chi connectivity index (χ3v) is 3.83. The molecule has 114 valence electrons. The van der Waals surface area contributed by atoms with Gasteiger partial charge in [-0.15, -0.1) is 0 Å². The maximum absolute atomic E-state index is 12.3. The lowest BCUT2D eigenvalue weighted by molar-refractivity contribution is -0.116. The number of nitrogens with zero attached hydrogens (tertiary/aromatic N) is 3. The Morgan fingerprint density at radius 2 is 2.13 bits per heavy atom. The van der Waals surface area contributed by atoms with Crippen molar-refractivity contribution in [3.63, 3.8) is 0 Å². The molecule has 1 amide bonds. The molecule has 0 radical (unpaired) electrons.